The normalized spacial score (nSPS) is 12.8. The number of aliphatic hydroxyl groups excluding tert-OH is 1. The Morgan fingerprint density at radius 2 is 2.06 bits per heavy atom. The SMILES string of the molecule is CCNCC(O)COc1cc(C(C)C)ccc1C. The molecule has 3 nitrogen and oxygen atoms in total. The van der Waals surface area contributed by atoms with E-state index in [4.69, 9.17) is 4.74 Å². The summed E-state index contributed by atoms with van der Waals surface area (Å²) < 4.78 is 5.70. The van der Waals surface area contributed by atoms with Gasteiger partial charge in [-0.15, -0.1) is 0 Å². The van der Waals surface area contributed by atoms with Crippen molar-refractivity contribution in [2.24, 2.45) is 0 Å². The second kappa shape index (κ2) is 7.39. The Morgan fingerprint density at radius 3 is 2.67 bits per heavy atom. The molecule has 0 fully saturated rings. The average Bonchev–Trinajstić information content (AvgIpc) is 2.35. The summed E-state index contributed by atoms with van der Waals surface area (Å²) in [6.45, 7) is 10.1. The Bertz CT molecular complexity index is 364. The molecule has 102 valence electrons. The molecule has 0 aromatic heterocycles. The molecule has 0 heterocycles. The van der Waals surface area contributed by atoms with Crippen molar-refractivity contribution in [3.63, 3.8) is 0 Å². The van der Waals surface area contributed by atoms with Crippen LogP contribution in [0.3, 0.4) is 0 Å². The number of likely N-dealkylation sites (N-methyl/N-ethyl adjacent to an activating group) is 1. The quantitative estimate of drug-likeness (QED) is 0.782. The summed E-state index contributed by atoms with van der Waals surface area (Å²) in [6, 6.07) is 6.27. The number of hydrogen-bond donors (Lipinski definition) is 2. The van der Waals surface area contributed by atoms with Crippen LogP contribution in [0, 0.1) is 6.92 Å². The predicted molar refractivity (Wildman–Crippen MR) is 75.3 cm³/mol. The van der Waals surface area contributed by atoms with Gasteiger partial charge in [-0.3, -0.25) is 0 Å². The minimum Gasteiger partial charge on any atom is -0.491 e. The van der Waals surface area contributed by atoms with E-state index in [-0.39, 0.29) is 0 Å². The number of rotatable bonds is 7. The van der Waals surface area contributed by atoms with Crippen LogP contribution in [-0.4, -0.2) is 30.9 Å². The van der Waals surface area contributed by atoms with Gasteiger partial charge in [-0.1, -0.05) is 32.9 Å². The highest BCUT2D eigenvalue weighted by Crippen LogP contribution is 2.24. The third-order valence-corrected chi connectivity index (χ3v) is 2.94. The first-order valence-corrected chi connectivity index (χ1v) is 6.66. The van der Waals surface area contributed by atoms with Crippen LogP contribution in [0.25, 0.3) is 0 Å². The van der Waals surface area contributed by atoms with Gasteiger partial charge in [0, 0.05) is 6.54 Å². The van der Waals surface area contributed by atoms with Crippen molar-refractivity contribution in [3.05, 3.63) is 29.3 Å². The lowest BCUT2D eigenvalue weighted by molar-refractivity contribution is 0.106. The van der Waals surface area contributed by atoms with E-state index in [0.29, 0.717) is 19.1 Å². The predicted octanol–water partition coefficient (Wildman–Crippen LogP) is 2.47. The van der Waals surface area contributed by atoms with Gasteiger partial charge in [-0.2, -0.15) is 0 Å². The molecule has 0 aliphatic carbocycles. The molecule has 1 unspecified atom stereocenters. The molecule has 0 saturated carbocycles. The zero-order chi connectivity index (χ0) is 13.5. The minimum atomic E-state index is -0.466. The van der Waals surface area contributed by atoms with Crippen molar-refractivity contribution in [1.29, 1.82) is 0 Å². The van der Waals surface area contributed by atoms with Crippen LogP contribution in [0.4, 0.5) is 0 Å². The van der Waals surface area contributed by atoms with Gasteiger partial charge in [0.1, 0.15) is 18.5 Å². The number of benzene rings is 1. The van der Waals surface area contributed by atoms with E-state index in [1.165, 1.54) is 5.56 Å². The summed E-state index contributed by atoms with van der Waals surface area (Å²) in [5.41, 5.74) is 2.37. The molecule has 0 radical (unpaired) electrons. The van der Waals surface area contributed by atoms with Crippen LogP contribution in [-0.2, 0) is 0 Å². The number of aryl methyl sites for hydroxylation is 1. The molecule has 0 aliphatic heterocycles. The standard InChI is InChI=1S/C15H25NO2/c1-5-16-9-14(17)10-18-15-8-13(11(2)3)7-6-12(15)4/h6-8,11,14,16-17H,5,9-10H2,1-4H3. The zero-order valence-electron chi connectivity index (χ0n) is 11.9. The first kappa shape index (κ1) is 15.0. The van der Waals surface area contributed by atoms with Gasteiger partial charge in [0.05, 0.1) is 0 Å². The van der Waals surface area contributed by atoms with Crippen LogP contribution in [0.2, 0.25) is 0 Å². The fourth-order valence-corrected chi connectivity index (χ4v) is 1.69. The highest BCUT2D eigenvalue weighted by atomic mass is 16.5. The molecule has 1 atom stereocenters. The van der Waals surface area contributed by atoms with E-state index >= 15 is 0 Å². The van der Waals surface area contributed by atoms with Gasteiger partial charge in [-0.05, 0) is 36.6 Å². The van der Waals surface area contributed by atoms with E-state index in [1.54, 1.807) is 0 Å². The molecular formula is C15H25NO2. The molecule has 3 heteroatoms. The summed E-state index contributed by atoms with van der Waals surface area (Å²) in [5, 5.41) is 12.8. The highest BCUT2D eigenvalue weighted by Gasteiger charge is 2.08. The third-order valence-electron chi connectivity index (χ3n) is 2.94. The molecule has 1 aromatic rings. The van der Waals surface area contributed by atoms with Crippen molar-refractivity contribution in [2.75, 3.05) is 19.7 Å². The molecule has 0 amide bonds. The second-order valence-corrected chi connectivity index (χ2v) is 4.95. The van der Waals surface area contributed by atoms with Crippen molar-refractivity contribution in [3.8, 4) is 5.75 Å². The van der Waals surface area contributed by atoms with E-state index in [1.807, 2.05) is 13.8 Å². The third kappa shape index (κ3) is 4.67. The van der Waals surface area contributed by atoms with Gasteiger partial charge in [0.15, 0.2) is 0 Å². The first-order valence-electron chi connectivity index (χ1n) is 6.66. The molecule has 2 N–H and O–H groups in total. The van der Waals surface area contributed by atoms with Gasteiger partial charge in [-0.25, -0.2) is 0 Å². The summed E-state index contributed by atoms with van der Waals surface area (Å²) in [6.07, 6.45) is -0.466. The van der Waals surface area contributed by atoms with Gasteiger partial charge >= 0.3 is 0 Å². The monoisotopic (exact) mass is 251 g/mol. The Labute approximate surface area is 110 Å². The number of aliphatic hydroxyl groups is 1. The Morgan fingerprint density at radius 1 is 1.33 bits per heavy atom. The van der Waals surface area contributed by atoms with E-state index in [0.717, 1.165) is 17.9 Å². The maximum absolute atomic E-state index is 9.72. The summed E-state index contributed by atoms with van der Waals surface area (Å²) in [4.78, 5) is 0. The molecule has 0 aliphatic rings. The smallest absolute Gasteiger partial charge is 0.122 e. The lowest BCUT2D eigenvalue weighted by Gasteiger charge is -2.16. The lowest BCUT2D eigenvalue weighted by Crippen LogP contribution is -2.31. The Hall–Kier alpha value is -1.06. The molecule has 1 aromatic carbocycles. The number of ether oxygens (including phenoxy) is 1. The molecular weight excluding hydrogens is 226 g/mol. The minimum absolute atomic E-state index is 0.329. The first-order chi connectivity index (χ1) is 8.54. The average molecular weight is 251 g/mol. The van der Waals surface area contributed by atoms with Crippen LogP contribution < -0.4 is 10.1 Å². The fraction of sp³-hybridized carbons (Fsp3) is 0.600. The Balaban J connectivity index is 2.58. The second-order valence-electron chi connectivity index (χ2n) is 4.95. The zero-order valence-corrected chi connectivity index (χ0v) is 11.9. The molecule has 0 bridgehead atoms. The van der Waals surface area contributed by atoms with E-state index < -0.39 is 6.10 Å². The van der Waals surface area contributed by atoms with Crippen molar-refractivity contribution < 1.29 is 9.84 Å². The van der Waals surface area contributed by atoms with E-state index in [9.17, 15) is 5.11 Å². The molecule has 0 saturated heterocycles. The summed E-state index contributed by atoms with van der Waals surface area (Å²) in [5.74, 6) is 1.36. The van der Waals surface area contributed by atoms with Crippen LogP contribution in [0.5, 0.6) is 5.75 Å². The van der Waals surface area contributed by atoms with Gasteiger partial charge < -0.3 is 15.2 Å². The lowest BCUT2D eigenvalue weighted by atomic mass is 10.0. The molecule has 0 spiro atoms. The highest BCUT2D eigenvalue weighted by molar-refractivity contribution is 5.37. The summed E-state index contributed by atoms with van der Waals surface area (Å²) in [7, 11) is 0. The van der Waals surface area contributed by atoms with E-state index in [2.05, 4.69) is 37.4 Å². The van der Waals surface area contributed by atoms with Crippen LogP contribution >= 0.6 is 0 Å². The molecule has 1 rings (SSSR count). The van der Waals surface area contributed by atoms with Crippen molar-refractivity contribution >= 4 is 0 Å². The van der Waals surface area contributed by atoms with Crippen molar-refractivity contribution in [2.45, 2.75) is 39.7 Å². The maximum atomic E-state index is 9.72. The van der Waals surface area contributed by atoms with Crippen molar-refractivity contribution in [1.82, 2.24) is 5.32 Å². The number of nitrogens with one attached hydrogen (secondary N) is 1. The van der Waals surface area contributed by atoms with Crippen LogP contribution in [0.15, 0.2) is 18.2 Å². The van der Waals surface area contributed by atoms with Gasteiger partial charge in [0.25, 0.3) is 0 Å². The fourth-order valence-electron chi connectivity index (χ4n) is 1.69. The van der Waals surface area contributed by atoms with Gasteiger partial charge in [0.2, 0.25) is 0 Å². The maximum Gasteiger partial charge on any atom is 0.122 e. The number of hydrogen-bond acceptors (Lipinski definition) is 3. The molecule has 18 heavy (non-hydrogen) atoms. The largest absolute Gasteiger partial charge is 0.491 e. The summed E-state index contributed by atoms with van der Waals surface area (Å²) >= 11 is 0. The van der Waals surface area contributed by atoms with Crippen LogP contribution in [0.1, 0.15) is 37.8 Å². The topological polar surface area (TPSA) is 41.5 Å². The Kier molecular flexibility index (Phi) is 6.16.